The summed E-state index contributed by atoms with van der Waals surface area (Å²) < 4.78 is 12.1. The highest BCUT2D eigenvalue weighted by molar-refractivity contribution is 6.31. The van der Waals surface area contributed by atoms with Gasteiger partial charge in [-0.3, -0.25) is 20.4 Å². The van der Waals surface area contributed by atoms with E-state index in [4.69, 9.17) is 21.1 Å². The van der Waals surface area contributed by atoms with E-state index in [-0.39, 0.29) is 0 Å². The molecule has 0 fully saturated rings. The monoisotopic (exact) mass is 317 g/mol. The van der Waals surface area contributed by atoms with Crippen LogP contribution in [0.25, 0.3) is 0 Å². The van der Waals surface area contributed by atoms with E-state index in [0.29, 0.717) is 23.9 Å². The molecule has 0 saturated heterocycles. The minimum Gasteiger partial charge on any atom is -0.345 e. The maximum absolute atomic E-state index is 12.1. The van der Waals surface area contributed by atoms with Gasteiger partial charge in [0.05, 0.1) is 5.02 Å². The molecule has 0 unspecified atom stereocenters. The Kier molecular flexibility index (Phi) is 6.19. The standard InChI is InChI=1S/C13H20ClN3O4/c1-5-20-13(3,21-6-2)12(19)16-15-11(18)10-7-9(14)8-17(10)4/h7-8H,5-6H2,1-4H3,(H,15,18)(H,16,19). The molecule has 0 aromatic carbocycles. The first-order chi connectivity index (χ1) is 9.84. The smallest absolute Gasteiger partial charge is 0.298 e. The lowest BCUT2D eigenvalue weighted by Gasteiger charge is -2.27. The van der Waals surface area contributed by atoms with Crippen LogP contribution in [0, 0.1) is 0 Å². The predicted molar refractivity (Wildman–Crippen MR) is 77.7 cm³/mol. The van der Waals surface area contributed by atoms with Gasteiger partial charge in [0.15, 0.2) is 0 Å². The molecule has 21 heavy (non-hydrogen) atoms. The Morgan fingerprint density at radius 1 is 1.29 bits per heavy atom. The van der Waals surface area contributed by atoms with Crippen LogP contribution in [0.3, 0.4) is 0 Å². The van der Waals surface area contributed by atoms with E-state index in [1.807, 2.05) is 0 Å². The highest BCUT2D eigenvalue weighted by atomic mass is 35.5. The van der Waals surface area contributed by atoms with Crippen molar-refractivity contribution in [3.63, 3.8) is 0 Å². The molecule has 1 aromatic heterocycles. The summed E-state index contributed by atoms with van der Waals surface area (Å²) in [5.74, 6) is -2.55. The molecule has 2 N–H and O–H groups in total. The zero-order valence-electron chi connectivity index (χ0n) is 12.5. The zero-order valence-corrected chi connectivity index (χ0v) is 13.3. The summed E-state index contributed by atoms with van der Waals surface area (Å²) in [6.07, 6.45) is 1.59. The first kappa shape index (κ1) is 17.5. The minimum atomic E-state index is -1.46. The average Bonchev–Trinajstić information content (AvgIpc) is 2.75. The molecule has 0 spiro atoms. The van der Waals surface area contributed by atoms with Gasteiger partial charge < -0.3 is 14.0 Å². The predicted octanol–water partition coefficient (Wildman–Crippen LogP) is 1.23. The third-order valence-electron chi connectivity index (χ3n) is 2.75. The number of carbonyl (C=O) groups is 2. The van der Waals surface area contributed by atoms with Crippen molar-refractivity contribution in [3.05, 3.63) is 23.0 Å². The van der Waals surface area contributed by atoms with Crippen LogP contribution < -0.4 is 10.9 Å². The van der Waals surface area contributed by atoms with Crippen molar-refractivity contribution in [2.24, 2.45) is 7.05 Å². The van der Waals surface area contributed by atoms with Gasteiger partial charge in [-0.2, -0.15) is 0 Å². The van der Waals surface area contributed by atoms with Gasteiger partial charge in [0, 0.05) is 26.5 Å². The van der Waals surface area contributed by atoms with Crippen LogP contribution in [-0.4, -0.2) is 35.4 Å². The Hall–Kier alpha value is -1.57. The lowest BCUT2D eigenvalue weighted by molar-refractivity contribution is -0.219. The summed E-state index contributed by atoms with van der Waals surface area (Å²) in [4.78, 5) is 24.0. The Morgan fingerprint density at radius 2 is 1.86 bits per heavy atom. The number of hydrogen-bond acceptors (Lipinski definition) is 4. The van der Waals surface area contributed by atoms with E-state index in [1.165, 1.54) is 13.0 Å². The number of hydrazine groups is 1. The third kappa shape index (κ3) is 4.45. The van der Waals surface area contributed by atoms with Gasteiger partial charge in [-0.25, -0.2) is 0 Å². The average molecular weight is 318 g/mol. The molecule has 1 aromatic rings. The van der Waals surface area contributed by atoms with E-state index in [0.717, 1.165) is 0 Å². The maximum atomic E-state index is 12.1. The summed E-state index contributed by atoms with van der Waals surface area (Å²) in [5.41, 5.74) is 4.89. The number of hydrogen-bond donors (Lipinski definition) is 2. The lowest BCUT2D eigenvalue weighted by atomic mass is 10.3. The SMILES string of the molecule is CCOC(C)(OCC)C(=O)NNC(=O)c1cc(Cl)cn1C. The van der Waals surface area contributed by atoms with Gasteiger partial charge in [0.1, 0.15) is 5.69 Å². The molecular weight excluding hydrogens is 298 g/mol. The van der Waals surface area contributed by atoms with Crippen LogP contribution in [0.15, 0.2) is 12.3 Å². The largest absolute Gasteiger partial charge is 0.345 e. The molecule has 0 atom stereocenters. The number of aryl methyl sites for hydroxylation is 1. The van der Waals surface area contributed by atoms with Gasteiger partial charge in [-0.1, -0.05) is 11.6 Å². The zero-order chi connectivity index (χ0) is 16.0. The number of nitrogens with one attached hydrogen (secondary N) is 2. The van der Waals surface area contributed by atoms with Crippen LogP contribution in [0.2, 0.25) is 5.02 Å². The van der Waals surface area contributed by atoms with Crippen molar-refractivity contribution in [1.29, 1.82) is 0 Å². The van der Waals surface area contributed by atoms with Crippen molar-refractivity contribution < 1.29 is 19.1 Å². The maximum Gasteiger partial charge on any atom is 0.298 e. The molecule has 1 rings (SSSR count). The van der Waals surface area contributed by atoms with E-state index >= 15 is 0 Å². The number of halogens is 1. The van der Waals surface area contributed by atoms with Gasteiger partial charge in [0.25, 0.3) is 11.8 Å². The summed E-state index contributed by atoms with van der Waals surface area (Å²) in [6, 6.07) is 1.49. The third-order valence-corrected chi connectivity index (χ3v) is 2.95. The Bertz CT molecular complexity index is 510. The highest BCUT2D eigenvalue weighted by Gasteiger charge is 2.35. The fourth-order valence-electron chi connectivity index (χ4n) is 1.76. The van der Waals surface area contributed by atoms with E-state index in [2.05, 4.69) is 10.9 Å². The number of amides is 2. The molecular formula is C13H20ClN3O4. The number of nitrogens with zero attached hydrogens (tertiary/aromatic N) is 1. The van der Waals surface area contributed by atoms with Crippen molar-refractivity contribution in [1.82, 2.24) is 15.4 Å². The molecule has 7 nitrogen and oxygen atoms in total. The first-order valence-electron chi connectivity index (χ1n) is 6.54. The van der Waals surface area contributed by atoms with Gasteiger partial charge in [0.2, 0.25) is 5.79 Å². The van der Waals surface area contributed by atoms with Crippen LogP contribution in [-0.2, 0) is 21.3 Å². The van der Waals surface area contributed by atoms with Crippen LogP contribution in [0.4, 0.5) is 0 Å². The summed E-state index contributed by atoms with van der Waals surface area (Å²) in [5, 5.41) is 0.433. The van der Waals surface area contributed by atoms with E-state index in [1.54, 1.807) is 31.7 Å². The summed E-state index contributed by atoms with van der Waals surface area (Å²) in [7, 11) is 1.67. The molecule has 1 heterocycles. The molecule has 118 valence electrons. The molecule has 0 bridgehead atoms. The molecule has 2 amide bonds. The fourth-order valence-corrected chi connectivity index (χ4v) is 2.01. The molecule has 0 aliphatic heterocycles. The Labute approximate surface area is 128 Å². The number of rotatable bonds is 6. The summed E-state index contributed by atoms with van der Waals surface area (Å²) >= 11 is 5.80. The van der Waals surface area contributed by atoms with Crippen molar-refractivity contribution in [2.45, 2.75) is 26.6 Å². The lowest BCUT2D eigenvalue weighted by Crippen LogP contribution is -2.54. The highest BCUT2D eigenvalue weighted by Crippen LogP contribution is 2.13. The van der Waals surface area contributed by atoms with Crippen LogP contribution in [0.1, 0.15) is 31.3 Å². The number of carbonyl (C=O) groups excluding carboxylic acids is 2. The van der Waals surface area contributed by atoms with Crippen molar-refractivity contribution in [2.75, 3.05) is 13.2 Å². The Balaban J connectivity index is 2.66. The number of ether oxygens (including phenoxy) is 2. The Morgan fingerprint density at radius 3 is 2.29 bits per heavy atom. The van der Waals surface area contributed by atoms with Crippen molar-refractivity contribution >= 4 is 23.4 Å². The molecule has 0 radical (unpaired) electrons. The topological polar surface area (TPSA) is 81.6 Å². The van der Waals surface area contributed by atoms with Gasteiger partial charge >= 0.3 is 0 Å². The molecule has 8 heteroatoms. The second-order valence-corrected chi connectivity index (χ2v) is 4.81. The van der Waals surface area contributed by atoms with E-state index < -0.39 is 17.6 Å². The normalized spacial score (nSPS) is 11.3. The molecule has 0 saturated carbocycles. The quantitative estimate of drug-likeness (QED) is 0.611. The molecule has 0 aliphatic carbocycles. The second kappa shape index (κ2) is 7.44. The van der Waals surface area contributed by atoms with E-state index in [9.17, 15) is 9.59 Å². The van der Waals surface area contributed by atoms with Crippen LogP contribution in [0.5, 0.6) is 0 Å². The van der Waals surface area contributed by atoms with Gasteiger partial charge in [-0.05, 0) is 26.8 Å². The van der Waals surface area contributed by atoms with Crippen molar-refractivity contribution in [3.8, 4) is 0 Å². The first-order valence-corrected chi connectivity index (χ1v) is 6.92. The van der Waals surface area contributed by atoms with Gasteiger partial charge in [-0.15, -0.1) is 0 Å². The number of aromatic nitrogens is 1. The minimum absolute atomic E-state index is 0.297. The molecule has 0 aliphatic rings. The fraction of sp³-hybridized carbons (Fsp3) is 0.538. The second-order valence-electron chi connectivity index (χ2n) is 4.37. The van der Waals surface area contributed by atoms with Crippen LogP contribution >= 0.6 is 11.6 Å². The summed E-state index contributed by atoms with van der Waals surface area (Å²) in [6.45, 7) is 5.57.